The molecule has 0 atom stereocenters. The molecule has 32 heavy (non-hydrogen) atoms. The van der Waals surface area contributed by atoms with Crippen molar-refractivity contribution in [1.82, 2.24) is 4.31 Å². The third-order valence-corrected chi connectivity index (χ3v) is 7.80. The number of hydrogen-bond acceptors (Lipinski definition) is 7. The van der Waals surface area contributed by atoms with E-state index < -0.39 is 28.5 Å². The number of nitrogens with one attached hydrogen (secondary N) is 1. The number of anilines is 1. The van der Waals surface area contributed by atoms with Gasteiger partial charge in [0.05, 0.1) is 20.3 Å². The molecule has 1 aliphatic carbocycles. The number of carbonyl (C=O) groups excluding carboxylic acids is 2. The lowest BCUT2D eigenvalue weighted by Gasteiger charge is -2.26. The predicted octanol–water partition coefficient (Wildman–Crippen LogP) is 2.56. The zero-order chi connectivity index (χ0) is 23.0. The minimum Gasteiger partial charge on any atom is -0.495 e. The largest absolute Gasteiger partial charge is 0.495 e. The normalized spacial score (nSPS) is 18.2. The molecule has 1 aromatic carbocycles. The topological polar surface area (TPSA) is 111 Å². The van der Waals surface area contributed by atoms with E-state index >= 15 is 0 Å². The van der Waals surface area contributed by atoms with Crippen molar-refractivity contribution in [2.75, 3.05) is 45.3 Å². The van der Waals surface area contributed by atoms with Gasteiger partial charge >= 0.3 is 5.97 Å². The molecular formula is C22H32N2O7S. The Labute approximate surface area is 189 Å². The fraction of sp³-hybridized carbons (Fsp3) is 0.636. The Kier molecular flexibility index (Phi) is 8.89. The first-order chi connectivity index (χ1) is 15.4. The minimum atomic E-state index is -3.82. The molecule has 178 valence electrons. The molecule has 1 aliphatic heterocycles. The van der Waals surface area contributed by atoms with Crippen molar-refractivity contribution in [3.05, 3.63) is 18.2 Å². The van der Waals surface area contributed by atoms with Crippen molar-refractivity contribution >= 4 is 27.6 Å². The van der Waals surface area contributed by atoms with E-state index in [1.165, 1.54) is 42.8 Å². The average Bonchev–Trinajstić information content (AvgIpc) is 2.82. The molecule has 1 saturated carbocycles. The number of rotatable bonds is 9. The molecule has 0 radical (unpaired) electrons. The first kappa shape index (κ1) is 24.5. The molecule has 1 amide bonds. The maximum Gasteiger partial charge on any atom is 0.306 e. The van der Waals surface area contributed by atoms with E-state index in [2.05, 4.69) is 5.32 Å². The maximum atomic E-state index is 13.0. The molecule has 0 unspecified atom stereocenters. The van der Waals surface area contributed by atoms with Gasteiger partial charge in [0.25, 0.3) is 5.91 Å². The van der Waals surface area contributed by atoms with Crippen LogP contribution in [0.15, 0.2) is 23.1 Å². The maximum absolute atomic E-state index is 13.0. The molecule has 3 rings (SSSR count). The third-order valence-electron chi connectivity index (χ3n) is 5.88. The Balaban J connectivity index is 1.55. The Morgan fingerprint density at radius 2 is 1.88 bits per heavy atom. The zero-order valence-corrected chi connectivity index (χ0v) is 19.3. The summed E-state index contributed by atoms with van der Waals surface area (Å²) >= 11 is 0. The van der Waals surface area contributed by atoms with Gasteiger partial charge in [-0.1, -0.05) is 32.1 Å². The van der Waals surface area contributed by atoms with Crippen LogP contribution in [0.3, 0.4) is 0 Å². The Morgan fingerprint density at radius 3 is 2.56 bits per heavy atom. The molecule has 0 bridgehead atoms. The fourth-order valence-corrected chi connectivity index (χ4v) is 5.68. The van der Waals surface area contributed by atoms with E-state index in [0.29, 0.717) is 25.6 Å². The van der Waals surface area contributed by atoms with Crippen molar-refractivity contribution in [1.29, 1.82) is 0 Å². The SMILES string of the molecule is COc1ccc(NC(=O)COC(=O)CCC2CCCCC2)cc1S(=O)(=O)N1CCOCC1. The van der Waals surface area contributed by atoms with E-state index in [9.17, 15) is 18.0 Å². The second kappa shape index (κ2) is 11.6. The van der Waals surface area contributed by atoms with Crippen LogP contribution in [0.5, 0.6) is 5.75 Å². The number of hydrogen-bond donors (Lipinski definition) is 1. The van der Waals surface area contributed by atoms with Crippen LogP contribution in [0.25, 0.3) is 0 Å². The lowest BCUT2D eigenvalue weighted by molar-refractivity contribution is -0.147. The molecule has 2 aliphatic rings. The van der Waals surface area contributed by atoms with Gasteiger partial charge in [0.15, 0.2) is 6.61 Å². The van der Waals surface area contributed by atoms with Crippen molar-refractivity contribution < 1.29 is 32.2 Å². The summed E-state index contributed by atoms with van der Waals surface area (Å²) in [6.07, 6.45) is 7.11. The van der Waals surface area contributed by atoms with E-state index in [-0.39, 0.29) is 29.4 Å². The molecule has 10 heteroatoms. The fourth-order valence-electron chi connectivity index (χ4n) is 4.10. The number of ether oxygens (including phenoxy) is 3. The highest BCUT2D eigenvalue weighted by atomic mass is 32.2. The summed E-state index contributed by atoms with van der Waals surface area (Å²) in [6, 6.07) is 4.38. The first-order valence-electron chi connectivity index (χ1n) is 11.1. The molecule has 9 nitrogen and oxygen atoms in total. The second-order valence-electron chi connectivity index (χ2n) is 8.13. The smallest absolute Gasteiger partial charge is 0.306 e. The van der Waals surface area contributed by atoms with Gasteiger partial charge in [0, 0.05) is 25.2 Å². The van der Waals surface area contributed by atoms with Crippen LogP contribution >= 0.6 is 0 Å². The Morgan fingerprint density at radius 1 is 1.16 bits per heavy atom. The van der Waals surface area contributed by atoms with Crippen molar-refractivity contribution in [2.24, 2.45) is 5.92 Å². The van der Waals surface area contributed by atoms with Crippen LogP contribution in [0.4, 0.5) is 5.69 Å². The lowest BCUT2D eigenvalue weighted by atomic mass is 9.86. The van der Waals surface area contributed by atoms with Gasteiger partial charge in [-0.25, -0.2) is 8.42 Å². The van der Waals surface area contributed by atoms with E-state index in [0.717, 1.165) is 19.3 Å². The summed E-state index contributed by atoms with van der Waals surface area (Å²) < 4.78 is 42.9. The highest BCUT2D eigenvalue weighted by molar-refractivity contribution is 7.89. The minimum absolute atomic E-state index is 0.0378. The Bertz CT molecular complexity index is 892. The van der Waals surface area contributed by atoms with Gasteiger partial charge in [0.2, 0.25) is 10.0 Å². The van der Waals surface area contributed by atoms with Crippen LogP contribution < -0.4 is 10.1 Å². The van der Waals surface area contributed by atoms with Gasteiger partial charge in [-0.15, -0.1) is 0 Å². The van der Waals surface area contributed by atoms with Crippen LogP contribution in [0, 0.1) is 5.92 Å². The van der Waals surface area contributed by atoms with Crippen molar-refractivity contribution in [2.45, 2.75) is 49.8 Å². The van der Waals surface area contributed by atoms with Crippen LogP contribution in [0.2, 0.25) is 0 Å². The standard InChI is InChI=1S/C22H32N2O7S/c1-29-19-9-8-18(15-20(19)32(27,28)24-11-13-30-14-12-24)23-21(25)16-31-22(26)10-7-17-5-3-2-4-6-17/h8-9,15,17H,2-7,10-14,16H2,1H3,(H,23,25). The summed E-state index contributed by atoms with van der Waals surface area (Å²) in [4.78, 5) is 24.2. The van der Waals surface area contributed by atoms with E-state index in [1.807, 2.05) is 0 Å². The molecule has 0 aromatic heterocycles. The summed E-state index contributed by atoms with van der Waals surface area (Å²) in [5.41, 5.74) is 0.279. The molecule has 1 aromatic rings. The summed E-state index contributed by atoms with van der Waals surface area (Å²) in [5, 5.41) is 2.59. The number of nitrogens with zero attached hydrogens (tertiary/aromatic N) is 1. The van der Waals surface area contributed by atoms with E-state index in [4.69, 9.17) is 14.2 Å². The van der Waals surface area contributed by atoms with Crippen LogP contribution in [-0.2, 0) is 29.1 Å². The quantitative estimate of drug-likeness (QED) is 0.555. The van der Waals surface area contributed by atoms with Crippen molar-refractivity contribution in [3.63, 3.8) is 0 Å². The summed E-state index contributed by atoms with van der Waals surface area (Å²) in [5.74, 6) is -0.174. The number of methoxy groups -OCH3 is 1. The van der Waals surface area contributed by atoms with E-state index in [1.54, 1.807) is 6.07 Å². The molecule has 1 heterocycles. The van der Waals surface area contributed by atoms with Gasteiger partial charge in [0.1, 0.15) is 10.6 Å². The lowest BCUT2D eigenvalue weighted by Crippen LogP contribution is -2.40. The zero-order valence-electron chi connectivity index (χ0n) is 18.5. The summed E-state index contributed by atoms with van der Waals surface area (Å²) in [6.45, 7) is 0.729. The van der Waals surface area contributed by atoms with Gasteiger partial charge in [-0.05, 0) is 30.5 Å². The average molecular weight is 469 g/mol. The number of benzene rings is 1. The molecule has 1 N–H and O–H groups in total. The highest BCUT2D eigenvalue weighted by Crippen LogP contribution is 2.30. The third kappa shape index (κ3) is 6.66. The number of amides is 1. The predicted molar refractivity (Wildman–Crippen MR) is 118 cm³/mol. The summed E-state index contributed by atoms with van der Waals surface area (Å²) in [7, 11) is -2.43. The first-order valence-corrected chi connectivity index (χ1v) is 12.6. The Hall–Kier alpha value is -2.17. The number of sulfonamides is 1. The molecule has 2 fully saturated rings. The van der Waals surface area contributed by atoms with Gasteiger partial charge < -0.3 is 19.5 Å². The van der Waals surface area contributed by atoms with Crippen LogP contribution in [0.1, 0.15) is 44.9 Å². The second-order valence-corrected chi connectivity index (χ2v) is 10.0. The number of esters is 1. The molecule has 1 saturated heterocycles. The van der Waals surface area contributed by atoms with Crippen LogP contribution in [-0.4, -0.2) is 64.6 Å². The van der Waals surface area contributed by atoms with Gasteiger partial charge in [-0.2, -0.15) is 4.31 Å². The highest BCUT2D eigenvalue weighted by Gasteiger charge is 2.29. The van der Waals surface area contributed by atoms with Crippen molar-refractivity contribution in [3.8, 4) is 5.75 Å². The van der Waals surface area contributed by atoms with Gasteiger partial charge in [-0.3, -0.25) is 9.59 Å². The molecular weight excluding hydrogens is 436 g/mol. The monoisotopic (exact) mass is 468 g/mol. The molecule has 0 spiro atoms. The number of carbonyl (C=O) groups is 2. The number of morpholine rings is 1.